The van der Waals surface area contributed by atoms with Crippen LogP contribution in [0.1, 0.15) is 84.0 Å². The zero-order valence-electron chi connectivity index (χ0n) is 11.2. The molecule has 94 valence electrons. The maximum absolute atomic E-state index is 2.36. The van der Waals surface area contributed by atoms with Crippen LogP contribution >= 0.6 is 0 Å². The van der Waals surface area contributed by atoms with Crippen molar-refractivity contribution >= 4 is 0 Å². The average molecular weight is 222 g/mol. The van der Waals surface area contributed by atoms with Gasteiger partial charge in [0.1, 0.15) is 0 Å². The van der Waals surface area contributed by atoms with E-state index in [-0.39, 0.29) is 0 Å². The highest BCUT2D eigenvalue weighted by Gasteiger charge is 2.26. The van der Waals surface area contributed by atoms with E-state index in [1.807, 2.05) is 0 Å². The van der Waals surface area contributed by atoms with Crippen molar-refractivity contribution in [3.63, 3.8) is 0 Å². The average Bonchev–Trinajstić information content (AvgIpc) is 2.91. The molecular formula is C16H30. The summed E-state index contributed by atoms with van der Waals surface area (Å²) in [7, 11) is 0. The molecule has 0 heteroatoms. The van der Waals surface area contributed by atoms with Crippen molar-refractivity contribution in [2.45, 2.75) is 84.0 Å². The largest absolute Gasteiger partial charge is 0.0654 e. The van der Waals surface area contributed by atoms with Gasteiger partial charge >= 0.3 is 0 Å². The summed E-state index contributed by atoms with van der Waals surface area (Å²) in [4.78, 5) is 0. The molecule has 0 aromatic rings. The maximum atomic E-state index is 2.36. The van der Waals surface area contributed by atoms with Gasteiger partial charge in [-0.15, -0.1) is 0 Å². The second kappa shape index (κ2) is 6.67. The predicted octanol–water partition coefficient (Wildman–Crippen LogP) is 5.56. The van der Waals surface area contributed by atoms with E-state index in [9.17, 15) is 0 Å². The first-order valence-electron chi connectivity index (χ1n) is 7.90. The lowest BCUT2D eigenvalue weighted by Gasteiger charge is -2.19. The van der Waals surface area contributed by atoms with Gasteiger partial charge in [-0.2, -0.15) is 0 Å². The van der Waals surface area contributed by atoms with E-state index in [0.717, 1.165) is 17.8 Å². The Morgan fingerprint density at radius 3 is 2.12 bits per heavy atom. The van der Waals surface area contributed by atoms with Gasteiger partial charge in [0.15, 0.2) is 0 Å². The molecule has 16 heavy (non-hydrogen) atoms. The summed E-state index contributed by atoms with van der Waals surface area (Å²) in [5.41, 5.74) is 0. The second-order valence-corrected chi connectivity index (χ2v) is 6.32. The fourth-order valence-electron chi connectivity index (χ4n) is 4.21. The zero-order chi connectivity index (χ0) is 11.2. The highest BCUT2D eigenvalue weighted by atomic mass is 14.3. The Labute approximate surface area is 102 Å². The molecule has 2 aliphatic rings. The fourth-order valence-corrected chi connectivity index (χ4v) is 4.21. The third-order valence-electron chi connectivity index (χ3n) is 5.14. The van der Waals surface area contributed by atoms with E-state index in [1.54, 1.807) is 38.5 Å². The lowest BCUT2D eigenvalue weighted by molar-refractivity contribution is 0.320. The molecule has 0 aliphatic heterocycles. The van der Waals surface area contributed by atoms with Crippen LogP contribution in [-0.4, -0.2) is 0 Å². The van der Waals surface area contributed by atoms with Gasteiger partial charge < -0.3 is 0 Å². The SMILES string of the molecule is CCCC1CCCC1CCCC1CCCC1. The summed E-state index contributed by atoms with van der Waals surface area (Å²) in [6.45, 7) is 2.36. The van der Waals surface area contributed by atoms with Crippen LogP contribution in [0.3, 0.4) is 0 Å². The van der Waals surface area contributed by atoms with E-state index < -0.39 is 0 Å². The molecular weight excluding hydrogens is 192 g/mol. The Kier molecular flexibility index (Phi) is 5.19. The normalized spacial score (nSPS) is 31.3. The van der Waals surface area contributed by atoms with E-state index in [2.05, 4.69) is 6.92 Å². The zero-order valence-corrected chi connectivity index (χ0v) is 11.2. The smallest absolute Gasteiger partial charge is 0.0386 e. The van der Waals surface area contributed by atoms with Crippen molar-refractivity contribution in [2.24, 2.45) is 17.8 Å². The third-order valence-corrected chi connectivity index (χ3v) is 5.14. The molecule has 0 aromatic heterocycles. The van der Waals surface area contributed by atoms with Crippen LogP contribution in [0.4, 0.5) is 0 Å². The topological polar surface area (TPSA) is 0 Å². The molecule has 0 N–H and O–H groups in total. The molecule has 0 bridgehead atoms. The minimum atomic E-state index is 1.11. The van der Waals surface area contributed by atoms with Gasteiger partial charge in [-0.1, -0.05) is 84.0 Å². The lowest BCUT2D eigenvalue weighted by Crippen LogP contribution is -2.08. The first-order chi connectivity index (χ1) is 7.90. The van der Waals surface area contributed by atoms with Crippen LogP contribution < -0.4 is 0 Å². The standard InChI is InChI=1S/C16H30/c1-2-7-15-12-6-13-16(15)11-5-10-14-8-3-4-9-14/h14-16H,2-13H2,1H3. The van der Waals surface area contributed by atoms with Gasteiger partial charge in [0, 0.05) is 0 Å². The molecule has 0 saturated heterocycles. The summed E-state index contributed by atoms with van der Waals surface area (Å²) >= 11 is 0. The van der Waals surface area contributed by atoms with Crippen LogP contribution in [0.15, 0.2) is 0 Å². The molecule has 0 heterocycles. The maximum Gasteiger partial charge on any atom is -0.0386 e. The third kappa shape index (κ3) is 3.50. The Balaban J connectivity index is 1.60. The van der Waals surface area contributed by atoms with Gasteiger partial charge in [-0.25, -0.2) is 0 Å². The van der Waals surface area contributed by atoms with Gasteiger partial charge in [-0.05, 0) is 17.8 Å². The Morgan fingerprint density at radius 1 is 0.750 bits per heavy atom. The van der Waals surface area contributed by atoms with Crippen molar-refractivity contribution < 1.29 is 0 Å². The molecule has 0 nitrogen and oxygen atoms in total. The van der Waals surface area contributed by atoms with Gasteiger partial charge in [0.2, 0.25) is 0 Å². The monoisotopic (exact) mass is 222 g/mol. The Bertz CT molecular complexity index is 178. The van der Waals surface area contributed by atoms with Crippen LogP contribution in [0.2, 0.25) is 0 Å². The van der Waals surface area contributed by atoms with Crippen LogP contribution in [0.25, 0.3) is 0 Å². The molecule has 2 saturated carbocycles. The van der Waals surface area contributed by atoms with Crippen molar-refractivity contribution in [3.8, 4) is 0 Å². The van der Waals surface area contributed by atoms with E-state index >= 15 is 0 Å². The molecule has 2 aliphatic carbocycles. The Hall–Kier alpha value is 0. The molecule has 2 atom stereocenters. The van der Waals surface area contributed by atoms with Crippen molar-refractivity contribution in [1.82, 2.24) is 0 Å². The van der Waals surface area contributed by atoms with E-state index in [4.69, 9.17) is 0 Å². The molecule has 2 rings (SSSR count). The highest BCUT2D eigenvalue weighted by molar-refractivity contribution is 4.78. The second-order valence-electron chi connectivity index (χ2n) is 6.32. The van der Waals surface area contributed by atoms with Crippen LogP contribution in [-0.2, 0) is 0 Å². The molecule has 0 spiro atoms. The van der Waals surface area contributed by atoms with Crippen molar-refractivity contribution in [1.29, 1.82) is 0 Å². The highest BCUT2D eigenvalue weighted by Crippen LogP contribution is 2.39. The number of hydrogen-bond acceptors (Lipinski definition) is 0. The quantitative estimate of drug-likeness (QED) is 0.551. The molecule has 0 radical (unpaired) electrons. The summed E-state index contributed by atoms with van der Waals surface area (Å²) in [6.07, 6.45) is 18.3. The van der Waals surface area contributed by atoms with Crippen LogP contribution in [0, 0.1) is 17.8 Å². The molecule has 2 unspecified atom stereocenters. The van der Waals surface area contributed by atoms with Crippen molar-refractivity contribution in [2.75, 3.05) is 0 Å². The van der Waals surface area contributed by atoms with Gasteiger partial charge in [0.05, 0.1) is 0 Å². The van der Waals surface area contributed by atoms with Gasteiger partial charge in [-0.3, -0.25) is 0 Å². The van der Waals surface area contributed by atoms with Gasteiger partial charge in [0.25, 0.3) is 0 Å². The summed E-state index contributed by atoms with van der Waals surface area (Å²) in [6, 6.07) is 0. The number of rotatable bonds is 6. The predicted molar refractivity (Wildman–Crippen MR) is 71.5 cm³/mol. The van der Waals surface area contributed by atoms with Crippen molar-refractivity contribution in [3.05, 3.63) is 0 Å². The molecule has 2 fully saturated rings. The first-order valence-corrected chi connectivity index (χ1v) is 7.90. The summed E-state index contributed by atoms with van der Waals surface area (Å²) < 4.78 is 0. The van der Waals surface area contributed by atoms with E-state index in [1.165, 1.54) is 38.5 Å². The Morgan fingerprint density at radius 2 is 1.44 bits per heavy atom. The van der Waals surface area contributed by atoms with Crippen LogP contribution in [0.5, 0.6) is 0 Å². The summed E-state index contributed by atoms with van der Waals surface area (Å²) in [5, 5.41) is 0. The first kappa shape index (κ1) is 12.5. The fraction of sp³-hybridized carbons (Fsp3) is 1.00. The van der Waals surface area contributed by atoms with E-state index in [0.29, 0.717) is 0 Å². The number of hydrogen-bond donors (Lipinski definition) is 0. The summed E-state index contributed by atoms with van der Waals surface area (Å²) in [5.74, 6) is 3.33. The molecule has 0 aromatic carbocycles. The molecule has 0 amide bonds. The lowest BCUT2D eigenvalue weighted by atomic mass is 9.86. The minimum absolute atomic E-state index is 1.11. The minimum Gasteiger partial charge on any atom is -0.0654 e.